The molecule has 5 aromatic carbocycles. The van der Waals surface area contributed by atoms with Crippen molar-refractivity contribution in [1.82, 2.24) is 0 Å². The van der Waals surface area contributed by atoms with Gasteiger partial charge in [-0.05, 0) is 79.5 Å². The first-order valence-electron chi connectivity index (χ1n) is 17.0. The van der Waals surface area contributed by atoms with E-state index < -0.39 is 5.92 Å². The highest BCUT2D eigenvalue weighted by Crippen LogP contribution is 2.52. The van der Waals surface area contributed by atoms with E-state index in [4.69, 9.17) is 4.74 Å². The molecule has 1 aliphatic heterocycles. The molecular formula is C45H41NO2. The SMILES string of the molecule is CC1(C)CCN(c2ccc(C(C)(C)C)cc2)C=C1C(OC(=O)C1c2ccccc2-c2ccccc21)=C1c2ccccc2-c2ccccc21. The molecule has 3 aliphatic rings. The smallest absolute Gasteiger partial charge is 0.323 e. The summed E-state index contributed by atoms with van der Waals surface area (Å²) in [4.78, 5) is 17.1. The Morgan fingerprint density at radius 2 is 1.15 bits per heavy atom. The number of carbonyl (C=O) groups is 1. The van der Waals surface area contributed by atoms with Crippen LogP contribution in [0.15, 0.2) is 139 Å². The molecule has 0 saturated carbocycles. The fourth-order valence-corrected chi connectivity index (χ4v) is 7.72. The van der Waals surface area contributed by atoms with Gasteiger partial charge in [0.05, 0.1) is 0 Å². The number of fused-ring (bicyclic) bond motifs is 6. The molecule has 48 heavy (non-hydrogen) atoms. The van der Waals surface area contributed by atoms with Crippen LogP contribution in [0.5, 0.6) is 0 Å². The van der Waals surface area contributed by atoms with Gasteiger partial charge in [0.15, 0.2) is 0 Å². The first-order valence-corrected chi connectivity index (χ1v) is 17.0. The Morgan fingerprint density at radius 3 is 1.67 bits per heavy atom. The lowest BCUT2D eigenvalue weighted by atomic mass is 9.76. The van der Waals surface area contributed by atoms with Crippen LogP contribution in [0.25, 0.3) is 27.8 Å². The predicted molar refractivity (Wildman–Crippen MR) is 197 cm³/mol. The Bertz CT molecular complexity index is 2050. The van der Waals surface area contributed by atoms with E-state index in [9.17, 15) is 4.79 Å². The van der Waals surface area contributed by atoms with Gasteiger partial charge in [-0.1, -0.05) is 144 Å². The number of nitrogens with zero attached hydrogens (tertiary/aromatic N) is 1. The molecule has 5 aromatic rings. The quantitative estimate of drug-likeness (QED) is 0.144. The third-order valence-corrected chi connectivity index (χ3v) is 10.5. The maximum Gasteiger partial charge on any atom is 0.323 e. The highest BCUT2D eigenvalue weighted by atomic mass is 16.5. The third kappa shape index (κ3) is 4.92. The van der Waals surface area contributed by atoms with Gasteiger partial charge >= 0.3 is 5.97 Å². The van der Waals surface area contributed by atoms with Crippen LogP contribution < -0.4 is 4.90 Å². The van der Waals surface area contributed by atoms with Crippen LogP contribution in [0, 0.1) is 5.41 Å². The molecule has 0 amide bonds. The third-order valence-electron chi connectivity index (χ3n) is 10.5. The van der Waals surface area contributed by atoms with Crippen molar-refractivity contribution in [2.24, 2.45) is 5.41 Å². The summed E-state index contributed by atoms with van der Waals surface area (Å²) in [7, 11) is 0. The minimum absolute atomic E-state index is 0.0793. The zero-order valence-corrected chi connectivity index (χ0v) is 28.4. The van der Waals surface area contributed by atoms with Crippen molar-refractivity contribution in [2.45, 2.75) is 52.4 Å². The molecule has 8 rings (SSSR count). The molecule has 0 unspecified atom stereocenters. The molecule has 0 atom stereocenters. The first kappa shape index (κ1) is 30.2. The largest absolute Gasteiger partial charge is 0.425 e. The number of hydrogen-bond acceptors (Lipinski definition) is 3. The fraction of sp³-hybridized carbons (Fsp3) is 0.222. The van der Waals surface area contributed by atoms with Crippen molar-refractivity contribution in [1.29, 1.82) is 0 Å². The summed E-state index contributed by atoms with van der Waals surface area (Å²) in [5.41, 5.74) is 13.0. The molecule has 0 bridgehead atoms. The molecule has 0 fully saturated rings. The highest BCUT2D eigenvalue weighted by Gasteiger charge is 2.41. The lowest BCUT2D eigenvalue weighted by molar-refractivity contribution is -0.139. The molecule has 0 radical (unpaired) electrons. The monoisotopic (exact) mass is 627 g/mol. The summed E-state index contributed by atoms with van der Waals surface area (Å²) in [6.45, 7) is 12.2. The topological polar surface area (TPSA) is 29.5 Å². The van der Waals surface area contributed by atoms with Gasteiger partial charge in [-0.15, -0.1) is 0 Å². The van der Waals surface area contributed by atoms with Crippen molar-refractivity contribution >= 4 is 17.2 Å². The Morgan fingerprint density at radius 1 is 0.667 bits per heavy atom. The van der Waals surface area contributed by atoms with Gasteiger partial charge in [0.2, 0.25) is 0 Å². The lowest BCUT2D eigenvalue weighted by Crippen LogP contribution is -2.34. The molecule has 3 nitrogen and oxygen atoms in total. The van der Waals surface area contributed by atoms with Crippen molar-refractivity contribution in [3.05, 3.63) is 167 Å². The minimum atomic E-state index is -0.506. The summed E-state index contributed by atoms with van der Waals surface area (Å²) in [6.07, 6.45) is 3.15. The van der Waals surface area contributed by atoms with Gasteiger partial charge in [-0.2, -0.15) is 0 Å². The Balaban J connectivity index is 1.32. The summed E-state index contributed by atoms with van der Waals surface area (Å²) >= 11 is 0. The molecule has 0 aromatic heterocycles. The van der Waals surface area contributed by atoms with Gasteiger partial charge in [-0.25, -0.2) is 0 Å². The van der Waals surface area contributed by atoms with E-state index in [0.717, 1.165) is 74.3 Å². The highest BCUT2D eigenvalue weighted by molar-refractivity contribution is 6.04. The normalized spacial score (nSPS) is 16.1. The molecule has 0 saturated heterocycles. The predicted octanol–water partition coefficient (Wildman–Crippen LogP) is 10.9. The number of ether oxygens (including phenoxy) is 1. The van der Waals surface area contributed by atoms with E-state index in [1.54, 1.807) is 0 Å². The molecule has 3 heteroatoms. The van der Waals surface area contributed by atoms with Crippen molar-refractivity contribution in [3.8, 4) is 22.3 Å². The average molecular weight is 628 g/mol. The van der Waals surface area contributed by atoms with Crippen LogP contribution in [0.4, 0.5) is 5.69 Å². The van der Waals surface area contributed by atoms with E-state index in [1.807, 2.05) is 24.3 Å². The zero-order chi connectivity index (χ0) is 33.2. The summed E-state index contributed by atoms with van der Waals surface area (Å²) in [5.74, 6) is -0.103. The lowest BCUT2D eigenvalue weighted by Gasteiger charge is -2.39. The van der Waals surface area contributed by atoms with Crippen LogP contribution in [-0.2, 0) is 14.9 Å². The van der Waals surface area contributed by atoms with Crippen molar-refractivity contribution < 1.29 is 9.53 Å². The molecule has 0 N–H and O–H groups in total. The van der Waals surface area contributed by atoms with E-state index in [1.165, 1.54) is 5.56 Å². The molecule has 238 valence electrons. The van der Waals surface area contributed by atoms with Gasteiger partial charge in [-0.3, -0.25) is 4.79 Å². The van der Waals surface area contributed by atoms with Crippen LogP contribution >= 0.6 is 0 Å². The molecular weight excluding hydrogens is 587 g/mol. The van der Waals surface area contributed by atoms with Crippen molar-refractivity contribution in [2.75, 3.05) is 11.4 Å². The number of rotatable bonds is 4. The van der Waals surface area contributed by atoms with Gasteiger partial charge in [0, 0.05) is 29.6 Å². The van der Waals surface area contributed by atoms with Crippen LogP contribution in [0.1, 0.15) is 74.8 Å². The maximum atomic E-state index is 14.8. The van der Waals surface area contributed by atoms with Gasteiger partial charge < -0.3 is 9.64 Å². The molecule has 1 heterocycles. The summed E-state index contributed by atoms with van der Waals surface area (Å²) < 4.78 is 6.91. The van der Waals surface area contributed by atoms with Crippen LogP contribution in [0.3, 0.4) is 0 Å². The summed E-state index contributed by atoms with van der Waals surface area (Å²) in [6, 6.07) is 42.4. The number of anilines is 1. The first-order chi connectivity index (χ1) is 23.1. The maximum absolute atomic E-state index is 14.8. The Labute approximate surface area is 284 Å². The van der Waals surface area contributed by atoms with E-state index in [-0.39, 0.29) is 16.8 Å². The molecule has 0 spiro atoms. The average Bonchev–Trinajstić information content (AvgIpc) is 3.60. The standard InChI is InChI=1S/C45H41NO2/c1-44(2,3)29-22-24-30(25-23-29)46-27-26-45(4,5)39(28-46)42(40-35-18-10-6-14-31(35)32-15-7-11-19-36(32)40)48-43(47)41-37-20-12-8-16-33(37)34-17-9-13-21-38(34)41/h6-25,28,41H,26-27H2,1-5H3. The van der Waals surface area contributed by atoms with E-state index >= 15 is 0 Å². The fourth-order valence-electron chi connectivity index (χ4n) is 7.72. The Kier molecular flexibility index (Phi) is 7.07. The van der Waals surface area contributed by atoms with E-state index in [2.05, 4.69) is 143 Å². The van der Waals surface area contributed by atoms with Gasteiger partial charge in [0.25, 0.3) is 0 Å². The van der Waals surface area contributed by atoms with Crippen LogP contribution in [-0.4, -0.2) is 12.5 Å². The number of benzene rings is 5. The Hall–Kier alpha value is -5.15. The zero-order valence-electron chi connectivity index (χ0n) is 28.4. The second-order valence-corrected chi connectivity index (χ2v) is 15.0. The second kappa shape index (κ2) is 11.2. The number of hydrogen-bond donors (Lipinski definition) is 0. The summed E-state index contributed by atoms with van der Waals surface area (Å²) in [5, 5.41) is 0. The van der Waals surface area contributed by atoms with Crippen molar-refractivity contribution in [3.63, 3.8) is 0 Å². The number of esters is 1. The minimum Gasteiger partial charge on any atom is -0.425 e. The molecule has 2 aliphatic carbocycles. The second-order valence-electron chi connectivity index (χ2n) is 15.0. The number of allylic oxidation sites excluding steroid dienone is 1. The van der Waals surface area contributed by atoms with Crippen LogP contribution in [0.2, 0.25) is 0 Å². The van der Waals surface area contributed by atoms with E-state index in [0.29, 0.717) is 5.76 Å². The van der Waals surface area contributed by atoms with Gasteiger partial charge in [0.1, 0.15) is 11.7 Å². The number of carbonyl (C=O) groups excluding carboxylic acids is 1.